The number of para-hydroxylation sites is 1. The minimum atomic E-state index is -0.731. The molecule has 1 aliphatic heterocycles. The quantitative estimate of drug-likeness (QED) is 0.678. The molecule has 0 saturated carbocycles. The normalized spacial score (nSPS) is 13.9. The van der Waals surface area contributed by atoms with Crippen LogP contribution < -0.4 is 4.74 Å². The maximum absolute atomic E-state index is 13.2. The van der Waals surface area contributed by atoms with Crippen LogP contribution in [0, 0.1) is 5.82 Å². The van der Waals surface area contributed by atoms with Crippen LogP contribution in [0.2, 0.25) is 0 Å². The van der Waals surface area contributed by atoms with E-state index >= 15 is 0 Å². The fourth-order valence-corrected chi connectivity index (χ4v) is 3.42. The van der Waals surface area contributed by atoms with Gasteiger partial charge in [0.25, 0.3) is 0 Å². The Bertz CT molecular complexity index is 963. The van der Waals surface area contributed by atoms with Gasteiger partial charge in [-0.2, -0.15) is 0 Å². The summed E-state index contributed by atoms with van der Waals surface area (Å²) in [6, 6.07) is 13.1. The fraction of sp³-hybridized carbons (Fsp3) is 0.217. The van der Waals surface area contributed by atoms with Crippen molar-refractivity contribution in [3.8, 4) is 5.75 Å². The first-order valence-corrected chi connectivity index (χ1v) is 9.21. The lowest BCUT2D eigenvalue weighted by Crippen LogP contribution is -2.28. The van der Waals surface area contributed by atoms with Gasteiger partial charge in [-0.3, -0.25) is 0 Å². The number of halogens is 1. The molecule has 0 unspecified atom stereocenters. The molecule has 2 aromatic carbocycles. The average Bonchev–Trinajstić information content (AvgIpc) is 2.78. The summed E-state index contributed by atoms with van der Waals surface area (Å²) in [4.78, 5) is 27.0. The van der Waals surface area contributed by atoms with Crippen LogP contribution in [0.15, 0.2) is 72.1 Å². The van der Waals surface area contributed by atoms with E-state index in [9.17, 15) is 14.0 Å². The van der Waals surface area contributed by atoms with Gasteiger partial charge in [-0.05, 0) is 23.8 Å². The maximum atomic E-state index is 13.2. The van der Waals surface area contributed by atoms with Gasteiger partial charge in [0.1, 0.15) is 11.6 Å². The molecule has 0 aliphatic carbocycles. The fourth-order valence-electron chi connectivity index (χ4n) is 3.42. The van der Waals surface area contributed by atoms with E-state index in [1.165, 1.54) is 33.5 Å². The molecule has 156 valence electrons. The lowest BCUT2D eigenvalue weighted by atomic mass is 9.82. The van der Waals surface area contributed by atoms with Crippen molar-refractivity contribution in [2.24, 2.45) is 0 Å². The largest absolute Gasteiger partial charge is 0.496 e. The Hall–Kier alpha value is -3.61. The van der Waals surface area contributed by atoms with E-state index < -0.39 is 17.9 Å². The summed E-state index contributed by atoms with van der Waals surface area (Å²) in [5.74, 6) is -1.70. The molecule has 0 spiro atoms. The number of benzene rings is 2. The van der Waals surface area contributed by atoms with E-state index in [2.05, 4.69) is 0 Å². The smallest absolute Gasteiger partial charge is 0.336 e. The highest BCUT2D eigenvalue weighted by molar-refractivity contribution is 5.98. The molecule has 2 aromatic rings. The summed E-state index contributed by atoms with van der Waals surface area (Å²) in [6.45, 7) is 0.319. The lowest BCUT2D eigenvalue weighted by molar-refractivity contribution is -0.137. The van der Waals surface area contributed by atoms with Gasteiger partial charge >= 0.3 is 11.9 Å². The van der Waals surface area contributed by atoms with Crippen LogP contribution in [0.25, 0.3) is 0 Å². The highest BCUT2D eigenvalue weighted by Gasteiger charge is 2.36. The van der Waals surface area contributed by atoms with E-state index in [0.717, 1.165) is 5.56 Å². The molecule has 0 bridgehead atoms. The Labute approximate surface area is 174 Å². The van der Waals surface area contributed by atoms with Crippen molar-refractivity contribution in [3.63, 3.8) is 0 Å². The molecular weight excluding hydrogens is 389 g/mol. The highest BCUT2D eigenvalue weighted by atomic mass is 19.1. The number of methoxy groups -OCH3 is 3. The molecule has 0 aromatic heterocycles. The number of carbonyl (C=O) groups excluding carboxylic acids is 2. The SMILES string of the molecule is COC(=O)C1=CN(Cc2ccc(F)cc2)C=C(C(=O)OC)C1c1ccccc1OC. The maximum Gasteiger partial charge on any atom is 0.336 e. The van der Waals surface area contributed by atoms with Gasteiger partial charge in [0, 0.05) is 24.5 Å². The Morgan fingerprint density at radius 3 is 2.00 bits per heavy atom. The van der Waals surface area contributed by atoms with E-state index in [1.54, 1.807) is 53.7 Å². The Kier molecular flexibility index (Phi) is 6.51. The second kappa shape index (κ2) is 9.26. The Balaban J connectivity index is 2.10. The molecular formula is C23H22FNO5. The Morgan fingerprint density at radius 2 is 1.47 bits per heavy atom. The number of esters is 2. The first kappa shape index (κ1) is 21.1. The molecule has 7 heteroatoms. The topological polar surface area (TPSA) is 65.1 Å². The van der Waals surface area contributed by atoms with Gasteiger partial charge in [-0.1, -0.05) is 30.3 Å². The van der Waals surface area contributed by atoms with E-state index in [4.69, 9.17) is 14.2 Å². The van der Waals surface area contributed by atoms with Gasteiger partial charge in [0.15, 0.2) is 0 Å². The van der Waals surface area contributed by atoms with Crippen molar-refractivity contribution < 1.29 is 28.2 Å². The highest BCUT2D eigenvalue weighted by Crippen LogP contribution is 2.41. The first-order valence-electron chi connectivity index (χ1n) is 9.21. The minimum Gasteiger partial charge on any atom is -0.496 e. The van der Waals surface area contributed by atoms with Crippen molar-refractivity contribution in [2.45, 2.75) is 12.5 Å². The lowest BCUT2D eigenvalue weighted by Gasteiger charge is -2.30. The summed E-state index contributed by atoms with van der Waals surface area (Å²) in [6.07, 6.45) is 3.25. The summed E-state index contributed by atoms with van der Waals surface area (Å²) >= 11 is 0. The van der Waals surface area contributed by atoms with Gasteiger partial charge in [-0.15, -0.1) is 0 Å². The molecule has 3 rings (SSSR count). The van der Waals surface area contributed by atoms with Crippen LogP contribution in [0.3, 0.4) is 0 Å². The van der Waals surface area contributed by atoms with Crippen LogP contribution in [0.4, 0.5) is 4.39 Å². The molecule has 1 aliphatic rings. The van der Waals surface area contributed by atoms with Crippen molar-refractivity contribution in [1.29, 1.82) is 0 Å². The van der Waals surface area contributed by atoms with Gasteiger partial charge in [0.05, 0.1) is 38.4 Å². The van der Waals surface area contributed by atoms with Gasteiger partial charge in [-0.25, -0.2) is 14.0 Å². The number of hydrogen-bond donors (Lipinski definition) is 0. The zero-order valence-corrected chi connectivity index (χ0v) is 16.9. The van der Waals surface area contributed by atoms with Crippen LogP contribution >= 0.6 is 0 Å². The number of nitrogens with zero attached hydrogens (tertiary/aromatic N) is 1. The van der Waals surface area contributed by atoms with Crippen LogP contribution in [-0.2, 0) is 25.6 Å². The van der Waals surface area contributed by atoms with E-state index in [1.807, 2.05) is 0 Å². The molecule has 6 nitrogen and oxygen atoms in total. The molecule has 0 fully saturated rings. The third kappa shape index (κ3) is 4.35. The van der Waals surface area contributed by atoms with Crippen molar-refractivity contribution in [2.75, 3.05) is 21.3 Å². The number of rotatable bonds is 6. The molecule has 0 amide bonds. The standard InChI is InChI=1S/C23H22FNO5/c1-28-20-7-5-4-6-17(20)21-18(22(26)29-2)13-25(14-19(21)23(27)30-3)12-15-8-10-16(24)11-9-15/h4-11,13-14,21H,12H2,1-3H3. The summed E-state index contributed by atoms with van der Waals surface area (Å²) in [5, 5.41) is 0. The third-order valence-electron chi connectivity index (χ3n) is 4.80. The molecule has 0 N–H and O–H groups in total. The molecule has 0 radical (unpaired) electrons. The van der Waals surface area contributed by atoms with E-state index in [0.29, 0.717) is 17.9 Å². The van der Waals surface area contributed by atoms with Crippen molar-refractivity contribution in [3.05, 3.63) is 89.0 Å². The average molecular weight is 411 g/mol. The molecule has 30 heavy (non-hydrogen) atoms. The first-order chi connectivity index (χ1) is 14.5. The summed E-state index contributed by atoms with van der Waals surface area (Å²) in [7, 11) is 4.08. The monoisotopic (exact) mass is 411 g/mol. The van der Waals surface area contributed by atoms with Crippen LogP contribution in [0.1, 0.15) is 17.0 Å². The van der Waals surface area contributed by atoms with Crippen LogP contribution in [-0.4, -0.2) is 38.2 Å². The van der Waals surface area contributed by atoms with Crippen molar-refractivity contribution in [1.82, 2.24) is 4.90 Å². The predicted octanol–water partition coefficient (Wildman–Crippen LogP) is 3.55. The number of hydrogen-bond acceptors (Lipinski definition) is 6. The second-order valence-electron chi connectivity index (χ2n) is 6.63. The Morgan fingerprint density at radius 1 is 0.900 bits per heavy atom. The van der Waals surface area contributed by atoms with Crippen LogP contribution in [0.5, 0.6) is 5.75 Å². The summed E-state index contributed by atoms with van der Waals surface area (Å²) in [5.41, 5.74) is 1.95. The van der Waals surface area contributed by atoms with E-state index in [-0.39, 0.29) is 17.0 Å². The second-order valence-corrected chi connectivity index (χ2v) is 6.63. The molecule has 0 atom stereocenters. The molecule has 1 heterocycles. The molecule has 0 saturated heterocycles. The van der Waals surface area contributed by atoms with Crippen molar-refractivity contribution >= 4 is 11.9 Å². The van der Waals surface area contributed by atoms with Gasteiger partial charge < -0.3 is 19.1 Å². The zero-order chi connectivity index (χ0) is 21.7. The number of ether oxygens (including phenoxy) is 3. The number of carbonyl (C=O) groups is 2. The summed E-state index contributed by atoms with van der Waals surface area (Å²) < 4.78 is 28.7. The van der Waals surface area contributed by atoms with Gasteiger partial charge in [0.2, 0.25) is 0 Å². The predicted molar refractivity (Wildman–Crippen MR) is 108 cm³/mol. The third-order valence-corrected chi connectivity index (χ3v) is 4.80. The minimum absolute atomic E-state index is 0.256. The zero-order valence-electron chi connectivity index (χ0n) is 16.9.